The Kier molecular flexibility index (Phi) is 4.57. The third-order valence-corrected chi connectivity index (χ3v) is 2.00. The summed E-state index contributed by atoms with van der Waals surface area (Å²) in [5, 5.41) is 9.70. The second-order valence-corrected chi connectivity index (χ2v) is 3.09. The summed E-state index contributed by atoms with van der Waals surface area (Å²) < 4.78 is 4.43. The second kappa shape index (κ2) is 5.98. The Balaban J connectivity index is 2.47. The topological polar surface area (TPSA) is 46.5 Å². The smallest absolute Gasteiger partial charge is 0.330 e. The maximum atomic E-state index is 10.7. The number of aliphatic hydroxyl groups excluding tert-OH is 1. The average molecular weight is 206 g/mol. The summed E-state index contributed by atoms with van der Waals surface area (Å²) >= 11 is 0. The zero-order chi connectivity index (χ0) is 11.1. The van der Waals surface area contributed by atoms with Gasteiger partial charge in [-0.25, -0.2) is 4.79 Å². The molecule has 0 saturated heterocycles. The molecule has 0 aliphatic rings. The van der Waals surface area contributed by atoms with Gasteiger partial charge >= 0.3 is 5.97 Å². The first-order valence-electron chi connectivity index (χ1n) is 4.71. The summed E-state index contributed by atoms with van der Waals surface area (Å²) in [5.41, 5.74) is 0.840. The molecule has 3 heteroatoms. The van der Waals surface area contributed by atoms with Gasteiger partial charge in [0.1, 0.15) is 0 Å². The highest BCUT2D eigenvalue weighted by molar-refractivity contribution is 5.81. The molecule has 1 atom stereocenters. The molecule has 0 radical (unpaired) electrons. The Hall–Kier alpha value is -1.61. The van der Waals surface area contributed by atoms with E-state index < -0.39 is 12.1 Å². The number of methoxy groups -OCH3 is 1. The minimum Gasteiger partial charge on any atom is -0.466 e. The zero-order valence-electron chi connectivity index (χ0n) is 8.59. The first-order chi connectivity index (χ1) is 7.24. The van der Waals surface area contributed by atoms with Crippen LogP contribution in [0.5, 0.6) is 0 Å². The predicted octanol–water partition coefficient (Wildman–Crippen LogP) is 1.84. The van der Waals surface area contributed by atoms with Crippen LogP contribution in [0.1, 0.15) is 18.1 Å². The van der Waals surface area contributed by atoms with Crippen LogP contribution in [-0.4, -0.2) is 18.2 Å². The van der Waals surface area contributed by atoms with Gasteiger partial charge < -0.3 is 9.84 Å². The van der Waals surface area contributed by atoms with Crippen LogP contribution >= 0.6 is 0 Å². The monoisotopic (exact) mass is 206 g/mol. The molecule has 0 spiro atoms. The van der Waals surface area contributed by atoms with Crippen molar-refractivity contribution in [2.45, 2.75) is 12.5 Å². The second-order valence-electron chi connectivity index (χ2n) is 3.09. The predicted molar refractivity (Wildman–Crippen MR) is 57.2 cm³/mol. The van der Waals surface area contributed by atoms with E-state index in [-0.39, 0.29) is 0 Å². The third-order valence-electron chi connectivity index (χ3n) is 2.00. The van der Waals surface area contributed by atoms with Crippen LogP contribution in [0.15, 0.2) is 42.5 Å². The maximum Gasteiger partial charge on any atom is 0.330 e. The van der Waals surface area contributed by atoms with Gasteiger partial charge in [0, 0.05) is 6.08 Å². The van der Waals surface area contributed by atoms with Crippen LogP contribution in [0.2, 0.25) is 0 Å². The van der Waals surface area contributed by atoms with E-state index in [0.717, 1.165) is 5.56 Å². The van der Waals surface area contributed by atoms with E-state index in [1.54, 1.807) is 6.08 Å². The van der Waals surface area contributed by atoms with Crippen molar-refractivity contribution in [1.82, 2.24) is 0 Å². The molecule has 0 saturated carbocycles. The molecule has 0 bridgehead atoms. The number of benzene rings is 1. The van der Waals surface area contributed by atoms with Crippen LogP contribution in [0.3, 0.4) is 0 Å². The number of rotatable bonds is 4. The first-order valence-corrected chi connectivity index (χ1v) is 4.71. The highest BCUT2D eigenvalue weighted by Gasteiger charge is 2.03. The molecule has 0 amide bonds. The summed E-state index contributed by atoms with van der Waals surface area (Å²) in [6.45, 7) is 0. The highest BCUT2D eigenvalue weighted by Crippen LogP contribution is 2.15. The zero-order valence-corrected chi connectivity index (χ0v) is 8.59. The Morgan fingerprint density at radius 3 is 2.73 bits per heavy atom. The number of carbonyl (C=O) groups is 1. The normalized spacial score (nSPS) is 12.7. The fraction of sp³-hybridized carbons (Fsp3) is 0.250. The highest BCUT2D eigenvalue weighted by atomic mass is 16.5. The van der Waals surface area contributed by atoms with Gasteiger partial charge in [-0.1, -0.05) is 36.4 Å². The summed E-state index contributed by atoms with van der Waals surface area (Å²) in [7, 11) is 1.32. The van der Waals surface area contributed by atoms with E-state index in [1.165, 1.54) is 13.2 Å². The van der Waals surface area contributed by atoms with Crippen molar-refractivity contribution >= 4 is 5.97 Å². The minimum atomic E-state index is -0.577. The quantitative estimate of drug-likeness (QED) is 0.604. The van der Waals surface area contributed by atoms with Crippen molar-refractivity contribution in [2.24, 2.45) is 0 Å². The van der Waals surface area contributed by atoms with Crippen molar-refractivity contribution in [3.05, 3.63) is 48.0 Å². The van der Waals surface area contributed by atoms with Crippen LogP contribution in [0.4, 0.5) is 0 Å². The van der Waals surface area contributed by atoms with E-state index in [2.05, 4.69) is 4.74 Å². The van der Waals surface area contributed by atoms with Gasteiger partial charge in [0.2, 0.25) is 0 Å². The van der Waals surface area contributed by atoms with E-state index in [1.807, 2.05) is 30.3 Å². The first kappa shape index (κ1) is 11.5. The van der Waals surface area contributed by atoms with Gasteiger partial charge in [0.15, 0.2) is 0 Å². The molecule has 1 aromatic rings. The molecule has 0 aliphatic carbocycles. The summed E-state index contributed by atoms with van der Waals surface area (Å²) in [4.78, 5) is 10.7. The van der Waals surface area contributed by atoms with Gasteiger partial charge in [-0.05, 0) is 12.0 Å². The van der Waals surface area contributed by atoms with Crippen molar-refractivity contribution in [3.63, 3.8) is 0 Å². The number of carbonyl (C=O) groups excluding carboxylic acids is 1. The molecular formula is C12H14O3. The summed E-state index contributed by atoms with van der Waals surface area (Å²) in [6, 6.07) is 9.30. The minimum absolute atomic E-state index is 0.402. The van der Waals surface area contributed by atoms with Gasteiger partial charge in [0.05, 0.1) is 13.2 Å². The van der Waals surface area contributed by atoms with Crippen LogP contribution < -0.4 is 0 Å². The van der Waals surface area contributed by atoms with E-state index in [4.69, 9.17) is 0 Å². The molecular weight excluding hydrogens is 192 g/mol. The van der Waals surface area contributed by atoms with Gasteiger partial charge in [-0.2, -0.15) is 0 Å². The van der Waals surface area contributed by atoms with E-state index in [9.17, 15) is 9.90 Å². The Labute approximate surface area is 89.0 Å². The standard InChI is InChI=1S/C12H14O3/c1-15-12(14)9-5-8-11(13)10-6-3-2-4-7-10/h2-7,9,11,13H,8H2,1H3/b9-5+/t11-/m0/s1. The van der Waals surface area contributed by atoms with Crippen molar-refractivity contribution in [3.8, 4) is 0 Å². The fourth-order valence-corrected chi connectivity index (χ4v) is 1.17. The molecule has 0 aliphatic heterocycles. The summed E-state index contributed by atoms with van der Waals surface area (Å²) in [5.74, 6) is -0.407. The van der Waals surface area contributed by atoms with Crippen molar-refractivity contribution in [2.75, 3.05) is 7.11 Å². The van der Waals surface area contributed by atoms with Crippen molar-refractivity contribution in [1.29, 1.82) is 0 Å². The van der Waals surface area contributed by atoms with Crippen molar-refractivity contribution < 1.29 is 14.6 Å². The molecule has 1 rings (SSSR count). The maximum absolute atomic E-state index is 10.7. The lowest BCUT2D eigenvalue weighted by molar-refractivity contribution is -0.134. The van der Waals surface area contributed by atoms with Gasteiger partial charge in [-0.3, -0.25) is 0 Å². The fourth-order valence-electron chi connectivity index (χ4n) is 1.17. The Morgan fingerprint density at radius 2 is 2.13 bits per heavy atom. The molecule has 1 aromatic carbocycles. The number of aliphatic hydroxyl groups is 1. The average Bonchev–Trinajstić information content (AvgIpc) is 2.29. The number of hydrogen-bond acceptors (Lipinski definition) is 3. The molecule has 0 aromatic heterocycles. The van der Waals surface area contributed by atoms with Gasteiger partial charge in [0.25, 0.3) is 0 Å². The lowest BCUT2D eigenvalue weighted by Gasteiger charge is -2.07. The number of esters is 1. The number of ether oxygens (including phenoxy) is 1. The SMILES string of the molecule is COC(=O)/C=C/C[C@H](O)c1ccccc1. The molecule has 0 fully saturated rings. The van der Waals surface area contributed by atoms with E-state index >= 15 is 0 Å². The molecule has 15 heavy (non-hydrogen) atoms. The largest absolute Gasteiger partial charge is 0.466 e. The van der Waals surface area contributed by atoms with Gasteiger partial charge in [-0.15, -0.1) is 0 Å². The molecule has 1 N–H and O–H groups in total. The Bertz CT molecular complexity index is 330. The van der Waals surface area contributed by atoms with E-state index in [0.29, 0.717) is 6.42 Å². The van der Waals surface area contributed by atoms with Crippen LogP contribution in [-0.2, 0) is 9.53 Å². The summed E-state index contributed by atoms with van der Waals surface area (Å²) in [6.07, 6.45) is 2.74. The lowest BCUT2D eigenvalue weighted by atomic mass is 10.1. The number of hydrogen-bond donors (Lipinski definition) is 1. The Morgan fingerprint density at radius 1 is 1.47 bits per heavy atom. The molecule has 0 heterocycles. The molecule has 3 nitrogen and oxygen atoms in total. The lowest BCUT2D eigenvalue weighted by Crippen LogP contribution is -1.97. The van der Waals surface area contributed by atoms with Crippen LogP contribution in [0, 0.1) is 0 Å². The third kappa shape index (κ3) is 3.95. The van der Waals surface area contributed by atoms with Crippen LogP contribution in [0.25, 0.3) is 0 Å². The molecule has 0 unspecified atom stereocenters. The molecule has 80 valence electrons.